The van der Waals surface area contributed by atoms with Gasteiger partial charge in [0.25, 0.3) is 0 Å². The molecule has 1 aliphatic carbocycles. The molecule has 1 amide bonds. The maximum atomic E-state index is 12.5. The number of hydrogen-bond donors (Lipinski definition) is 2. The monoisotopic (exact) mass is 418 g/mol. The molecule has 160 valence electrons. The number of piperidine rings is 1. The minimum atomic E-state index is 0.121. The van der Waals surface area contributed by atoms with Crippen molar-refractivity contribution in [3.63, 3.8) is 0 Å². The Bertz CT molecular complexity index is 678. The maximum Gasteiger partial charge on any atom is 0.225 e. The van der Waals surface area contributed by atoms with Crippen molar-refractivity contribution in [1.29, 1.82) is 0 Å². The Labute approximate surface area is 178 Å². The third-order valence-electron chi connectivity index (χ3n) is 6.72. The Balaban J connectivity index is 1.19. The molecular weight excluding hydrogens is 384 g/mol. The predicted molar refractivity (Wildman–Crippen MR) is 117 cm³/mol. The van der Waals surface area contributed by atoms with E-state index in [0.29, 0.717) is 17.2 Å². The molecule has 0 radical (unpaired) electrons. The van der Waals surface area contributed by atoms with E-state index in [0.717, 1.165) is 43.3 Å². The highest BCUT2D eigenvalue weighted by atomic mass is 32.2. The van der Waals surface area contributed by atoms with E-state index in [1.165, 1.54) is 25.7 Å². The molecule has 1 saturated carbocycles. The Kier molecular flexibility index (Phi) is 6.98. The molecule has 29 heavy (non-hydrogen) atoms. The molecule has 4 unspecified atom stereocenters. The molecule has 3 heterocycles. The van der Waals surface area contributed by atoms with E-state index in [-0.39, 0.29) is 18.0 Å². The largest absolute Gasteiger partial charge is 0.495 e. The summed E-state index contributed by atoms with van der Waals surface area (Å²) in [6.07, 6.45) is 7.77. The van der Waals surface area contributed by atoms with Crippen LogP contribution in [0, 0.1) is 11.8 Å². The second-order valence-corrected chi connectivity index (χ2v) is 10.1. The first-order chi connectivity index (χ1) is 14.1. The van der Waals surface area contributed by atoms with E-state index in [1.54, 1.807) is 13.3 Å². The van der Waals surface area contributed by atoms with Gasteiger partial charge < -0.3 is 10.1 Å². The van der Waals surface area contributed by atoms with Crippen LogP contribution in [0.2, 0.25) is 0 Å². The Morgan fingerprint density at radius 3 is 2.79 bits per heavy atom. The highest BCUT2D eigenvalue weighted by molar-refractivity contribution is 7.99. The number of aromatic nitrogens is 1. The summed E-state index contributed by atoms with van der Waals surface area (Å²) >= 11 is 2.02. The van der Waals surface area contributed by atoms with Crippen LogP contribution < -0.4 is 15.4 Å². The summed E-state index contributed by atoms with van der Waals surface area (Å²) in [6, 6.07) is 4.40. The first-order valence-corrected chi connectivity index (χ1v) is 12.1. The van der Waals surface area contributed by atoms with Crippen molar-refractivity contribution >= 4 is 17.7 Å². The summed E-state index contributed by atoms with van der Waals surface area (Å²) in [7, 11) is 1.67. The van der Waals surface area contributed by atoms with Gasteiger partial charge in [0.2, 0.25) is 5.91 Å². The third-order valence-corrected chi connectivity index (χ3v) is 8.19. The molecule has 0 aromatic carbocycles. The van der Waals surface area contributed by atoms with E-state index in [9.17, 15) is 4.79 Å². The Morgan fingerprint density at radius 1 is 1.24 bits per heavy atom. The maximum absolute atomic E-state index is 12.5. The van der Waals surface area contributed by atoms with Crippen molar-refractivity contribution in [3.05, 3.63) is 24.0 Å². The standard InChI is InChI=1S/C22H34N4O2S/c1-15-4-3-5-19-21(15)24-20(25-22(19)27)14-29-18-8-10-26(11-9-18)13-16-6-7-17(28-2)12-23-16/h6-7,12,15,18-21,24H,3-5,8-11,13-14H2,1-2H3,(H,25,27). The van der Waals surface area contributed by atoms with Crippen LogP contribution in [0.25, 0.3) is 0 Å². The van der Waals surface area contributed by atoms with Crippen molar-refractivity contribution in [1.82, 2.24) is 20.5 Å². The lowest BCUT2D eigenvalue weighted by Crippen LogP contribution is -2.65. The zero-order valence-electron chi connectivity index (χ0n) is 17.6. The average Bonchev–Trinajstić information content (AvgIpc) is 2.75. The van der Waals surface area contributed by atoms with Crippen molar-refractivity contribution in [2.45, 2.75) is 63.0 Å². The number of rotatable bonds is 6. The van der Waals surface area contributed by atoms with Gasteiger partial charge in [-0.15, -0.1) is 0 Å². The number of carbonyl (C=O) groups is 1. The molecule has 3 aliphatic rings. The van der Waals surface area contributed by atoms with Gasteiger partial charge >= 0.3 is 0 Å². The second kappa shape index (κ2) is 9.67. The van der Waals surface area contributed by atoms with Crippen LogP contribution in [0.15, 0.2) is 18.3 Å². The molecule has 3 fully saturated rings. The molecule has 2 N–H and O–H groups in total. The minimum Gasteiger partial charge on any atom is -0.495 e. The van der Waals surface area contributed by atoms with Crippen LogP contribution in [-0.4, -0.2) is 59.2 Å². The van der Waals surface area contributed by atoms with Gasteiger partial charge in [0.15, 0.2) is 0 Å². The number of hydrogen-bond acceptors (Lipinski definition) is 6. The minimum absolute atomic E-state index is 0.121. The lowest BCUT2D eigenvalue weighted by atomic mass is 9.76. The van der Waals surface area contributed by atoms with E-state index < -0.39 is 0 Å². The number of fused-ring (bicyclic) bond motifs is 1. The molecule has 0 spiro atoms. The number of thioether (sulfide) groups is 1. The molecule has 0 bridgehead atoms. The fourth-order valence-electron chi connectivity index (χ4n) is 4.95. The first-order valence-electron chi connectivity index (χ1n) is 11.0. The molecule has 6 nitrogen and oxygen atoms in total. The number of methoxy groups -OCH3 is 1. The summed E-state index contributed by atoms with van der Waals surface area (Å²) in [5, 5.41) is 7.65. The topological polar surface area (TPSA) is 66.5 Å². The van der Waals surface area contributed by atoms with E-state index in [2.05, 4.69) is 33.5 Å². The van der Waals surface area contributed by atoms with Crippen molar-refractivity contribution < 1.29 is 9.53 Å². The zero-order valence-corrected chi connectivity index (χ0v) is 18.4. The van der Waals surface area contributed by atoms with Gasteiger partial charge in [-0.3, -0.25) is 20.0 Å². The Hall–Kier alpha value is -1.31. The average molecular weight is 419 g/mol. The number of carbonyl (C=O) groups excluding carboxylic acids is 1. The van der Waals surface area contributed by atoms with Crippen molar-refractivity contribution in [2.75, 3.05) is 26.0 Å². The second-order valence-electron chi connectivity index (χ2n) is 8.77. The van der Waals surface area contributed by atoms with E-state index in [4.69, 9.17) is 4.74 Å². The summed E-state index contributed by atoms with van der Waals surface area (Å²) in [4.78, 5) is 19.5. The number of likely N-dealkylation sites (tertiary alicyclic amines) is 1. The van der Waals surface area contributed by atoms with E-state index >= 15 is 0 Å². The Morgan fingerprint density at radius 2 is 2.07 bits per heavy atom. The summed E-state index contributed by atoms with van der Waals surface area (Å²) < 4.78 is 5.18. The number of nitrogens with one attached hydrogen (secondary N) is 2. The zero-order chi connectivity index (χ0) is 20.2. The highest BCUT2D eigenvalue weighted by Crippen LogP contribution is 2.32. The van der Waals surface area contributed by atoms with Gasteiger partial charge in [0, 0.05) is 23.6 Å². The fourth-order valence-corrected chi connectivity index (χ4v) is 6.14. The SMILES string of the molecule is COc1ccc(CN2CCC(SCC3NC(=O)C4CCCC(C)C4N3)CC2)nc1. The van der Waals surface area contributed by atoms with E-state index in [1.807, 2.05) is 17.8 Å². The summed E-state index contributed by atoms with van der Waals surface area (Å²) in [6.45, 7) is 5.41. The molecule has 1 aromatic rings. The lowest BCUT2D eigenvalue weighted by Gasteiger charge is -2.43. The molecule has 4 rings (SSSR count). The van der Waals surface area contributed by atoms with Gasteiger partial charge in [-0.2, -0.15) is 11.8 Å². The predicted octanol–water partition coefficient (Wildman–Crippen LogP) is 2.64. The number of pyridine rings is 1. The lowest BCUT2D eigenvalue weighted by molar-refractivity contribution is -0.131. The molecule has 2 saturated heterocycles. The smallest absolute Gasteiger partial charge is 0.225 e. The number of nitrogens with zero attached hydrogens (tertiary/aromatic N) is 2. The highest BCUT2D eigenvalue weighted by Gasteiger charge is 2.40. The van der Waals surface area contributed by atoms with Crippen molar-refractivity contribution in [2.24, 2.45) is 11.8 Å². The normalized spacial score (nSPS) is 31.2. The molecule has 7 heteroatoms. The summed E-state index contributed by atoms with van der Waals surface area (Å²) in [5.74, 6) is 2.82. The van der Waals surface area contributed by atoms with Gasteiger partial charge in [0.1, 0.15) is 5.75 Å². The molecular formula is C22H34N4O2S. The van der Waals surface area contributed by atoms with Crippen LogP contribution >= 0.6 is 11.8 Å². The quantitative estimate of drug-likeness (QED) is 0.740. The van der Waals surface area contributed by atoms with Gasteiger partial charge in [-0.1, -0.05) is 13.3 Å². The molecule has 2 aliphatic heterocycles. The number of amides is 1. The van der Waals surface area contributed by atoms with Crippen LogP contribution in [0.4, 0.5) is 0 Å². The van der Waals surface area contributed by atoms with Crippen LogP contribution in [0.1, 0.15) is 44.7 Å². The van der Waals surface area contributed by atoms with Crippen molar-refractivity contribution in [3.8, 4) is 5.75 Å². The fraction of sp³-hybridized carbons (Fsp3) is 0.727. The van der Waals surface area contributed by atoms with Gasteiger partial charge in [-0.05, 0) is 56.8 Å². The number of ether oxygens (including phenoxy) is 1. The van der Waals surface area contributed by atoms with Gasteiger partial charge in [-0.25, -0.2) is 0 Å². The first kappa shape index (κ1) is 20.9. The molecule has 1 aromatic heterocycles. The van der Waals surface area contributed by atoms with Gasteiger partial charge in [0.05, 0.1) is 31.1 Å². The van der Waals surface area contributed by atoms with Crippen LogP contribution in [0.3, 0.4) is 0 Å². The van der Waals surface area contributed by atoms with Crippen LogP contribution in [0.5, 0.6) is 5.75 Å². The third kappa shape index (κ3) is 5.25. The van der Waals surface area contributed by atoms with Crippen LogP contribution in [-0.2, 0) is 11.3 Å². The molecule has 4 atom stereocenters. The summed E-state index contributed by atoms with van der Waals surface area (Å²) in [5.41, 5.74) is 1.10.